The second kappa shape index (κ2) is 5.92. The van der Waals surface area contributed by atoms with Gasteiger partial charge in [0.1, 0.15) is 5.75 Å². The maximum atomic E-state index is 5.93. The first-order chi connectivity index (χ1) is 7.98. The van der Waals surface area contributed by atoms with Gasteiger partial charge in [-0.1, -0.05) is 20.8 Å². The highest BCUT2D eigenvalue weighted by molar-refractivity contribution is 5.50. The van der Waals surface area contributed by atoms with Gasteiger partial charge in [-0.05, 0) is 35.6 Å². The first-order valence-corrected chi connectivity index (χ1v) is 6.11. The molecule has 0 unspecified atom stereocenters. The molecule has 1 aromatic rings. The Hall–Kier alpha value is -1.22. The van der Waals surface area contributed by atoms with Crippen LogP contribution >= 0.6 is 0 Å². The number of hydrogen-bond acceptors (Lipinski definition) is 3. The number of rotatable bonds is 6. The Labute approximate surface area is 104 Å². The second-order valence-electron chi connectivity index (χ2n) is 5.19. The summed E-state index contributed by atoms with van der Waals surface area (Å²) >= 11 is 0. The van der Waals surface area contributed by atoms with E-state index in [4.69, 9.17) is 10.5 Å². The summed E-state index contributed by atoms with van der Waals surface area (Å²) in [5.41, 5.74) is 8.16. The molecule has 17 heavy (non-hydrogen) atoms. The van der Waals surface area contributed by atoms with Gasteiger partial charge in [0.15, 0.2) is 0 Å². The van der Waals surface area contributed by atoms with Gasteiger partial charge in [0.25, 0.3) is 0 Å². The monoisotopic (exact) mass is 236 g/mol. The maximum Gasteiger partial charge on any atom is 0.119 e. The van der Waals surface area contributed by atoms with Crippen LogP contribution in [0.15, 0.2) is 18.2 Å². The van der Waals surface area contributed by atoms with E-state index in [1.807, 2.05) is 18.2 Å². The Morgan fingerprint density at radius 3 is 2.65 bits per heavy atom. The second-order valence-corrected chi connectivity index (χ2v) is 5.19. The number of nitrogens with one attached hydrogen (secondary N) is 1. The zero-order valence-electron chi connectivity index (χ0n) is 11.3. The highest BCUT2D eigenvalue weighted by atomic mass is 16.5. The van der Waals surface area contributed by atoms with Gasteiger partial charge in [-0.2, -0.15) is 0 Å². The van der Waals surface area contributed by atoms with Crippen molar-refractivity contribution in [3.05, 3.63) is 23.8 Å². The van der Waals surface area contributed by atoms with Crippen molar-refractivity contribution in [3.8, 4) is 5.75 Å². The quantitative estimate of drug-likeness (QED) is 0.747. The van der Waals surface area contributed by atoms with Gasteiger partial charge in [0.05, 0.1) is 7.11 Å². The number of methoxy groups -OCH3 is 1. The number of anilines is 1. The van der Waals surface area contributed by atoms with E-state index in [1.165, 1.54) is 0 Å². The van der Waals surface area contributed by atoms with Crippen molar-refractivity contribution in [1.82, 2.24) is 5.32 Å². The summed E-state index contributed by atoms with van der Waals surface area (Å²) in [5, 5.41) is 3.45. The average molecular weight is 236 g/mol. The molecule has 0 saturated heterocycles. The average Bonchev–Trinajstić information content (AvgIpc) is 2.31. The Morgan fingerprint density at radius 1 is 1.35 bits per heavy atom. The molecule has 0 heterocycles. The number of nitrogens with two attached hydrogens (primary N) is 1. The molecular weight excluding hydrogens is 212 g/mol. The van der Waals surface area contributed by atoms with Gasteiger partial charge in [-0.3, -0.25) is 0 Å². The third-order valence-electron chi connectivity index (χ3n) is 3.23. The zero-order valence-corrected chi connectivity index (χ0v) is 11.3. The van der Waals surface area contributed by atoms with Gasteiger partial charge >= 0.3 is 0 Å². The number of nitrogen functional groups attached to an aromatic ring is 1. The lowest BCUT2D eigenvalue weighted by Crippen LogP contribution is -2.28. The molecule has 3 N–H and O–H groups in total. The van der Waals surface area contributed by atoms with Gasteiger partial charge in [-0.25, -0.2) is 0 Å². The van der Waals surface area contributed by atoms with Crippen LogP contribution in [0.25, 0.3) is 0 Å². The van der Waals surface area contributed by atoms with Crippen molar-refractivity contribution < 1.29 is 4.74 Å². The van der Waals surface area contributed by atoms with Crippen LogP contribution in [0.5, 0.6) is 5.75 Å². The van der Waals surface area contributed by atoms with Crippen LogP contribution in [0.2, 0.25) is 0 Å². The van der Waals surface area contributed by atoms with E-state index >= 15 is 0 Å². The van der Waals surface area contributed by atoms with Gasteiger partial charge in [0, 0.05) is 18.8 Å². The van der Waals surface area contributed by atoms with E-state index in [9.17, 15) is 0 Å². The molecule has 1 aromatic carbocycles. The Kier molecular flexibility index (Phi) is 4.82. The fourth-order valence-electron chi connectivity index (χ4n) is 1.52. The molecule has 0 atom stereocenters. The van der Waals surface area contributed by atoms with Gasteiger partial charge < -0.3 is 15.8 Å². The summed E-state index contributed by atoms with van der Waals surface area (Å²) < 4.78 is 5.19. The molecule has 3 heteroatoms. The van der Waals surface area contributed by atoms with Crippen molar-refractivity contribution in [3.63, 3.8) is 0 Å². The summed E-state index contributed by atoms with van der Waals surface area (Å²) in [6.07, 6.45) is 1.16. The Morgan fingerprint density at radius 2 is 2.06 bits per heavy atom. The van der Waals surface area contributed by atoms with Gasteiger partial charge in [0.2, 0.25) is 0 Å². The van der Waals surface area contributed by atoms with Crippen molar-refractivity contribution in [2.75, 3.05) is 19.4 Å². The fraction of sp³-hybridized carbons (Fsp3) is 0.571. The normalized spacial score (nSPS) is 11.5. The largest absolute Gasteiger partial charge is 0.497 e. The third kappa shape index (κ3) is 4.27. The fourth-order valence-corrected chi connectivity index (χ4v) is 1.52. The molecule has 0 aliphatic carbocycles. The Balaban J connectivity index is 2.57. The molecule has 0 amide bonds. The summed E-state index contributed by atoms with van der Waals surface area (Å²) in [4.78, 5) is 0. The summed E-state index contributed by atoms with van der Waals surface area (Å²) in [6, 6.07) is 5.76. The molecule has 0 aliphatic heterocycles. The molecule has 0 aromatic heterocycles. The molecule has 1 rings (SSSR count). The van der Waals surface area contributed by atoms with Gasteiger partial charge in [-0.15, -0.1) is 0 Å². The standard InChI is InChI=1S/C14H24N2O/c1-5-14(2,3)10-16-9-11-8-12(17-4)6-7-13(11)15/h6-8,16H,5,9-10,15H2,1-4H3. The first kappa shape index (κ1) is 13.8. The van der Waals surface area contributed by atoms with Crippen LogP contribution in [0.3, 0.4) is 0 Å². The number of hydrogen-bond donors (Lipinski definition) is 2. The molecule has 96 valence electrons. The molecule has 0 bridgehead atoms. The highest BCUT2D eigenvalue weighted by Gasteiger charge is 2.14. The summed E-state index contributed by atoms with van der Waals surface area (Å²) in [5.74, 6) is 0.853. The van der Waals surface area contributed by atoms with Crippen LogP contribution in [-0.4, -0.2) is 13.7 Å². The smallest absolute Gasteiger partial charge is 0.119 e. The van der Waals surface area contributed by atoms with E-state index in [2.05, 4.69) is 26.1 Å². The summed E-state index contributed by atoms with van der Waals surface area (Å²) in [7, 11) is 1.67. The lowest BCUT2D eigenvalue weighted by Gasteiger charge is -2.23. The minimum absolute atomic E-state index is 0.327. The SMILES string of the molecule is CCC(C)(C)CNCc1cc(OC)ccc1N. The first-order valence-electron chi connectivity index (χ1n) is 6.11. The minimum atomic E-state index is 0.327. The predicted molar refractivity (Wildman–Crippen MR) is 73.2 cm³/mol. The topological polar surface area (TPSA) is 47.3 Å². The molecule has 3 nitrogen and oxygen atoms in total. The van der Waals surface area contributed by atoms with Crippen LogP contribution in [-0.2, 0) is 6.54 Å². The van der Waals surface area contributed by atoms with Crippen LogP contribution in [0, 0.1) is 5.41 Å². The highest BCUT2D eigenvalue weighted by Crippen LogP contribution is 2.21. The van der Waals surface area contributed by atoms with Crippen LogP contribution < -0.4 is 15.8 Å². The lowest BCUT2D eigenvalue weighted by molar-refractivity contribution is 0.327. The molecular formula is C14H24N2O. The molecule has 0 fully saturated rings. The third-order valence-corrected chi connectivity index (χ3v) is 3.23. The van der Waals surface area contributed by atoms with Crippen LogP contribution in [0.4, 0.5) is 5.69 Å². The molecule has 0 saturated carbocycles. The van der Waals surface area contributed by atoms with E-state index in [1.54, 1.807) is 7.11 Å². The van der Waals surface area contributed by atoms with E-state index in [-0.39, 0.29) is 0 Å². The van der Waals surface area contributed by atoms with Crippen molar-refractivity contribution in [2.45, 2.75) is 33.7 Å². The van der Waals surface area contributed by atoms with Crippen molar-refractivity contribution in [1.29, 1.82) is 0 Å². The lowest BCUT2D eigenvalue weighted by atomic mass is 9.90. The number of ether oxygens (including phenoxy) is 1. The van der Waals surface area contributed by atoms with E-state index < -0.39 is 0 Å². The molecule has 0 aliphatic rings. The maximum absolute atomic E-state index is 5.93. The van der Waals surface area contributed by atoms with E-state index in [0.29, 0.717) is 5.41 Å². The van der Waals surface area contributed by atoms with Crippen LogP contribution in [0.1, 0.15) is 32.8 Å². The van der Waals surface area contributed by atoms with Crippen molar-refractivity contribution >= 4 is 5.69 Å². The molecule has 0 spiro atoms. The van der Waals surface area contributed by atoms with E-state index in [0.717, 1.165) is 36.5 Å². The zero-order chi connectivity index (χ0) is 12.9. The minimum Gasteiger partial charge on any atom is -0.497 e. The molecule has 0 radical (unpaired) electrons. The predicted octanol–water partition coefficient (Wildman–Crippen LogP) is 2.80. The van der Waals surface area contributed by atoms with Crippen molar-refractivity contribution in [2.24, 2.45) is 5.41 Å². The Bertz CT molecular complexity index is 361. The summed E-state index contributed by atoms with van der Waals surface area (Å²) in [6.45, 7) is 8.50. The number of benzene rings is 1.